The van der Waals surface area contributed by atoms with Gasteiger partial charge in [0, 0.05) is 0 Å². The number of rotatable bonds is 2. The van der Waals surface area contributed by atoms with Crippen molar-refractivity contribution >= 4 is 5.97 Å². The summed E-state index contributed by atoms with van der Waals surface area (Å²) in [7, 11) is 0. The summed E-state index contributed by atoms with van der Waals surface area (Å²) in [4.78, 5) is 10.3. The van der Waals surface area contributed by atoms with Gasteiger partial charge in [-0.3, -0.25) is 0 Å². The lowest BCUT2D eigenvalue weighted by molar-refractivity contribution is -0.326. The Kier molecular flexibility index (Phi) is 2.55. The summed E-state index contributed by atoms with van der Waals surface area (Å²) >= 11 is 0. The molecule has 4 atom stereocenters. The SMILES string of the molecule is O=C([O-])[C@H]1O[C@](O)(CO)[C@@H](O)[C@@H]1O. The highest BCUT2D eigenvalue weighted by molar-refractivity contribution is 5.71. The molecule has 0 amide bonds. The monoisotopic (exact) mass is 193 g/mol. The molecule has 0 aromatic rings. The zero-order valence-corrected chi connectivity index (χ0v) is 6.45. The van der Waals surface area contributed by atoms with Crippen LogP contribution < -0.4 is 5.11 Å². The molecule has 0 saturated carbocycles. The van der Waals surface area contributed by atoms with Crippen LogP contribution in [0.15, 0.2) is 0 Å². The number of hydrogen-bond acceptors (Lipinski definition) is 7. The maximum Gasteiger partial charge on any atom is 0.219 e. The van der Waals surface area contributed by atoms with Crippen LogP contribution in [0.25, 0.3) is 0 Å². The van der Waals surface area contributed by atoms with Gasteiger partial charge < -0.3 is 35.1 Å². The van der Waals surface area contributed by atoms with E-state index in [4.69, 9.17) is 15.3 Å². The molecule has 0 aromatic heterocycles. The van der Waals surface area contributed by atoms with Crippen molar-refractivity contribution < 1.29 is 35.1 Å². The summed E-state index contributed by atoms with van der Waals surface area (Å²) < 4.78 is 4.33. The fourth-order valence-electron chi connectivity index (χ4n) is 1.11. The molecule has 0 bridgehead atoms. The second-order valence-electron chi connectivity index (χ2n) is 2.80. The van der Waals surface area contributed by atoms with Crippen LogP contribution in [0.4, 0.5) is 0 Å². The molecule has 7 heteroatoms. The number of carboxylic acid groups (broad SMARTS) is 1. The van der Waals surface area contributed by atoms with Crippen molar-refractivity contribution in [2.24, 2.45) is 0 Å². The Morgan fingerprint density at radius 3 is 2.31 bits per heavy atom. The van der Waals surface area contributed by atoms with Gasteiger partial charge in [0.05, 0.1) is 12.6 Å². The largest absolute Gasteiger partial charge is 0.547 e. The molecule has 0 unspecified atom stereocenters. The maximum absolute atomic E-state index is 10.3. The Bertz CT molecular complexity index is 217. The minimum Gasteiger partial charge on any atom is -0.547 e. The average molecular weight is 193 g/mol. The predicted octanol–water partition coefficient (Wildman–Crippen LogP) is -4.46. The van der Waals surface area contributed by atoms with E-state index in [-0.39, 0.29) is 0 Å². The van der Waals surface area contributed by atoms with Crippen LogP contribution in [0.3, 0.4) is 0 Å². The standard InChI is InChI=1S/C6H10O7/c7-1-6(12)4(9)2(8)3(13-6)5(10)11/h2-4,7-9,12H,1H2,(H,10,11)/p-1/t2-,3+,4+,6-/m1/s1. The van der Waals surface area contributed by atoms with Crippen LogP contribution in [-0.4, -0.2) is 57.1 Å². The lowest BCUT2D eigenvalue weighted by atomic mass is 10.1. The second-order valence-corrected chi connectivity index (χ2v) is 2.80. The molecule has 1 aliphatic heterocycles. The Balaban J connectivity index is 2.84. The molecule has 1 rings (SSSR count). The Morgan fingerprint density at radius 1 is 1.54 bits per heavy atom. The van der Waals surface area contributed by atoms with Gasteiger partial charge in [0.2, 0.25) is 5.79 Å². The van der Waals surface area contributed by atoms with Crippen molar-refractivity contribution in [1.82, 2.24) is 0 Å². The van der Waals surface area contributed by atoms with Gasteiger partial charge in [-0.25, -0.2) is 0 Å². The van der Waals surface area contributed by atoms with Gasteiger partial charge in [-0.15, -0.1) is 0 Å². The minimum atomic E-state index is -2.44. The fourth-order valence-corrected chi connectivity index (χ4v) is 1.11. The lowest BCUT2D eigenvalue weighted by Gasteiger charge is -2.22. The first kappa shape index (κ1) is 10.4. The van der Waals surface area contributed by atoms with Crippen molar-refractivity contribution in [2.75, 3.05) is 6.61 Å². The van der Waals surface area contributed by atoms with Crippen LogP contribution in [0.5, 0.6) is 0 Å². The third kappa shape index (κ3) is 1.52. The van der Waals surface area contributed by atoms with E-state index < -0.39 is 36.7 Å². The van der Waals surface area contributed by atoms with E-state index in [9.17, 15) is 15.0 Å². The van der Waals surface area contributed by atoms with Crippen LogP contribution in [0.1, 0.15) is 0 Å². The van der Waals surface area contributed by atoms with Gasteiger partial charge in [0.25, 0.3) is 0 Å². The maximum atomic E-state index is 10.3. The third-order valence-electron chi connectivity index (χ3n) is 1.89. The molecule has 1 fully saturated rings. The number of hydrogen-bond donors (Lipinski definition) is 4. The summed E-state index contributed by atoms with van der Waals surface area (Å²) in [6, 6.07) is 0. The summed E-state index contributed by atoms with van der Waals surface area (Å²) in [5, 5.41) is 46.1. The van der Waals surface area contributed by atoms with Gasteiger partial charge >= 0.3 is 0 Å². The van der Waals surface area contributed by atoms with Crippen LogP contribution in [0, 0.1) is 0 Å². The van der Waals surface area contributed by atoms with Gasteiger partial charge in [-0.1, -0.05) is 0 Å². The molecule has 76 valence electrons. The normalized spacial score (nSPS) is 45.1. The van der Waals surface area contributed by atoms with E-state index in [1.165, 1.54) is 0 Å². The zero-order valence-electron chi connectivity index (χ0n) is 6.45. The Morgan fingerprint density at radius 2 is 2.08 bits per heavy atom. The van der Waals surface area contributed by atoms with Gasteiger partial charge in [-0.2, -0.15) is 0 Å². The zero-order chi connectivity index (χ0) is 10.2. The number of aliphatic carboxylic acids is 1. The van der Waals surface area contributed by atoms with Crippen molar-refractivity contribution in [1.29, 1.82) is 0 Å². The molecule has 0 spiro atoms. The molecule has 13 heavy (non-hydrogen) atoms. The van der Waals surface area contributed by atoms with Crippen molar-refractivity contribution in [2.45, 2.75) is 24.1 Å². The molecule has 0 radical (unpaired) electrons. The van der Waals surface area contributed by atoms with Crippen molar-refractivity contribution in [3.63, 3.8) is 0 Å². The fraction of sp³-hybridized carbons (Fsp3) is 0.833. The summed E-state index contributed by atoms with van der Waals surface area (Å²) in [5.74, 6) is -4.21. The Hall–Kier alpha value is -0.730. The summed E-state index contributed by atoms with van der Waals surface area (Å²) in [6.07, 6.45) is -5.53. The highest BCUT2D eigenvalue weighted by Gasteiger charge is 2.53. The number of ether oxygens (including phenoxy) is 1. The molecular formula is C6H9O7-. The van der Waals surface area contributed by atoms with E-state index in [1.54, 1.807) is 0 Å². The highest BCUT2D eigenvalue weighted by atomic mass is 16.7. The van der Waals surface area contributed by atoms with E-state index in [0.717, 1.165) is 0 Å². The third-order valence-corrected chi connectivity index (χ3v) is 1.89. The summed E-state index contributed by atoms with van der Waals surface area (Å²) in [5.41, 5.74) is 0. The average Bonchev–Trinajstić information content (AvgIpc) is 2.31. The summed E-state index contributed by atoms with van der Waals surface area (Å²) in [6.45, 7) is -1.02. The minimum absolute atomic E-state index is 1.02. The molecule has 0 aromatic carbocycles. The first-order valence-electron chi connectivity index (χ1n) is 3.50. The van der Waals surface area contributed by atoms with Crippen LogP contribution in [-0.2, 0) is 9.53 Å². The van der Waals surface area contributed by atoms with Gasteiger partial charge in [0.1, 0.15) is 18.3 Å². The number of aliphatic hydroxyl groups excluding tert-OH is 3. The van der Waals surface area contributed by atoms with Gasteiger partial charge in [0.15, 0.2) is 0 Å². The van der Waals surface area contributed by atoms with Crippen molar-refractivity contribution in [3.8, 4) is 0 Å². The van der Waals surface area contributed by atoms with Crippen LogP contribution in [0.2, 0.25) is 0 Å². The predicted molar refractivity (Wildman–Crippen MR) is 33.9 cm³/mol. The van der Waals surface area contributed by atoms with Crippen LogP contribution >= 0.6 is 0 Å². The van der Waals surface area contributed by atoms with E-state index in [0.29, 0.717) is 0 Å². The molecule has 0 aliphatic carbocycles. The number of carbonyl (C=O) groups is 1. The molecule has 4 N–H and O–H groups in total. The van der Waals surface area contributed by atoms with Gasteiger partial charge in [-0.05, 0) is 0 Å². The smallest absolute Gasteiger partial charge is 0.219 e. The quantitative estimate of drug-likeness (QED) is 0.348. The first-order valence-corrected chi connectivity index (χ1v) is 3.50. The molecule has 1 aliphatic rings. The topological polar surface area (TPSA) is 130 Å². The van der Waals surface area contributed by atoms with E-state index in [2.05, 4.69) is 4.74 Å². The molecule has 7 nitrogen and oxygen atoms in total. The lowest BCUT2D eigenvalue weighted by Crippen LogP contribution is -2.46. The molecule has 1 saturated heterocycles. The van der Waals surface area contributed by atoms with E-state index in [1.807, 2.05) is 0 Å². The molecular weight excluding hydrogens is 184 g/mol. The first-order chi connectivity index (χ1) is 5.92. The number of carboxylic acids is 1. The Labute approximate surface area is 72.8 Å². The highest BCUT2D eigenvalue weighted by Crippen LogP contribution is 2.28. The second kappa shape index (κ2) is 3.20. The molecule has 1 heterocycles. The number of carbonyl (C=O) groups excluding carboxylic acids is 1. The van der Waals surface area contributed by atoms with Crippen molar-refractivity contribution in [3.05, 3.63) is 0 Å². The number of aliphatic hydroxyl groups is 4. The van der Waals surface area contributed by atoms with E-state index >= 15 is 0 Å².